The summed E-state index contributed by atoms with van der Waals surface area (Å²) >= 11 is 3.50. The van der Waals surface area contributed by atoms with Crippen LogP contribution in [0.15, 0.2) is 22.7 Å². The zero-order valence-electron chi connectivity index (χ0n) is 10.4. The maximum absolute atomic E-state index is 8.84. The molecule has 2 unspecified atom stereocenters. The number of nitrogens with zero attached hydrogens (tertiary/aromatic N) is 1. The fourth-order valence-corrected chi connectivity index (χ4v) is 2.94. The van der Waals surface area contributed by atoms with Gasteiger partial charge in [-0.25, -0.2) is 0 Å². The van der Waals surface area contributed by atoms with Gasteiger partial charge in [0.1, 0.15) is 0 Å². The molecule has 1 aromatic rings. The van der Waals surface area contributed by atoms with E-state index in [0.717, 1.165) is 23.0 Å². The van der Waals surface area contributed by atoms with Gasteiger partial charge in [0.25, 0.3) is 0 Å². The second-order valence-corrected chi connectivity index (χ2v) is 5.47. The van der Waals surface area contributed by atoms with Crippen LogP contribution in [0.2, 0.25) is 0 Å². The summed E-state index contributed by atoms with van der Waals surface area (Å²) in [5.74, 6) is 0. The quantitative estimate of drug-likeness (QED) is 0.926. The molecule has 2 rings (SSSR count). The molecule has 1 aromatic carbocycles. The van der Waals surface area contributed by atoms with E-state index in [1.54, 1.807) is 7.11 Å². The van der Waals surface area contributed by atoms with Gasteiger partial charge < -0.3 is 10.1 Å². The van der Waals surface area contributed by atoms with Crippen molar-refractivity contribution in [3.05, 3.63) is 28.2 Å². The summed E-state index contributed by atoms with van der Waals surface area (Å²) < 4.78 is 6.46. The van der Waals surface area contributed by atoms with Crippen LogP contribution in [0, 0.1) is 11.3 Å². The molecule has 1 fully saturated rings. The summed E-state index contributed by atoms with van der Waals surface area (Å²) in [6.45, 7) is 0. The molecule has 0 aromatic heterocycles. The third-order valence-corrected chi connectivity index (χ3v) is 4.10. The van der Waals surface area contributed by atoms with Crippen molar-refractivity contribution < 1.29 is 4.74 Å². The lowest BCUT2D eigenvalue weighted by Crippen LogP contribution is -2.37. The molecular formula is C14H17BrN2O. The minimum Gasteiger partial charge on any atom is -0.379 e. The second kappa shape index (κ2) is 6.21. The van der Waals surface area contributed by atoms with Crippen LogP contribution in [0.4, 0.5) is 5.69 Å². The Morgan fingerprint density at radius 1 is 1.39 bits per heavy atom. The van der Waals surface area contributed by atoms with Gasteiger partial charge in [-0.15, -0.1) is 0 Å². The largest absolute Gasteiger partial charge is 0.379 e. The first-order chi connectivity index (χ1) is 8.74. The summed E-state index contributed by atoms with van der Waals surface area (Å²) in [4.78, 5) is 0. The van der Waals surface area contributed by atoms with Gasteiger partial charge in [-0.05, 0) is 47.0 Å². The van der Waals surface area contributed by atoms with Crippen molar-refractivity contribution in [1.82, 2.24) is 0 Å². The van der Waals surface area contributed by atoms with Gasteiger partial charge in [0.15, 0.2) is 0 Å². The van der Waals surface area contributed by atoms with E-state index in [2.05, 4.69) is 27.3 Å². The summed E-state index contributed by atoms with van der Waals surface area (Å²) in [5, 5.41) is 12.4. The Balaban J connectivity index is 2.10. The zero-order valence-corrected chi connectivity index (χ0v) is 12.0. The Labute approximate surface area is 116 Å². The smallest absolute Gasteiger partial charge is 0.0992 e. The van der Waals surface area contributed by atoms with E-state index in [0.29, 0.717) is 11.6 Å². The van der Waals surface area contributed by atoms with Crippen LogP contribution in [0.1, 0.15) is 31.2 Å². The first kappa shape index (κ1) is 13.4. The fraction of sp³-hybridized carbons (Fsp3) is 0.500. The number of halogens is 1. The average Bonchev–Trinajstić information content (AvgIpc) is 2.41. The number of methoxy groups -OCH3 is 1. The Bertz CT molecular complexity index is 456. The minimum atomic E-state index is 0.279. The number of anilines is 1. The number of rotatable bonds is 3. The van der Waals surface area contributed by atoms with E-state index in [1.807, 2.05) is 18.2 Å². The third-order valence-electron chi connectivity index (χ3n) is 3.44. The number of benzene rings is 1. The molecule has 0 radical (unpaired) electrons. The van der Waals surface area contributed by atoms with E-state index in [9.17, 15) is 0 Å². The summed E-state index contributed by atoms with van der Waals surface area (Å²) in [6, 6.07) is 8.11. The molecule has 1 aliphatic carbocycles. The standard InChI is InChI=1S/C14H17BrN2O/c1-18-14-5-3-2-4-13(14)17-12-7-6-10(9-16)8-11(12)15/h6-8,13-14,17H,2-5H2,1H3. The van der Waals surface area contributed by atoms with Crippen LogP contribution in [-0.2, 0) is 4.74 Å². The normalized spacial score (nSPS) is 23.4. The molecule has 3 nitrogen and oxygen atoms in total. The van der Waals surface area contributed by atoms with Crippen molar-refractivity contribution in [2.24, 2.45) is 0 Å². The van der Waals surface area contributed by atoms with Crippen molar-refractivity contribution in [3.8, 4) is 6.07 Å². The van der Waals surface area contributed by atoms with Crippen LogP contribution in [-0.4, -0.2) is 19.3 Å². The Hall–Kier alpha value is -1.05. The van der Waals surface area contributed by atoms with E-state index in [1.165, 1.54) is 12.8 Å². The summed E-state index contributed by atoms with van der Waals surface area (Å²) in [7, 11) is 1.78. The minimum absolute atomic E-state index is 0.279. The topological polar surface area (TPSA) is 45.0 Å². The van der Waals surface area contributed by atoms with Gasteiger partial charge in [0.2, 0.25) is 0 Å². The molecule has 0 aliphatic heterocycles. The van der Waals surface area contributed by atoms with Crippen molar-refractivity contribution in [2.75, 3.05) is 12.4 Å². The van der Waals surface area contributed by atoms with Crippen LogP contribution in [0.5, 0.6) is 0 Å². The van der Waals surface area contributed by atoms with Crippen LogP contribution >= 0.6 is 15.9 Å². The number of hydrogen-bond donors (Lipinski definition) is 1. The molecule has 1 aliphatic rings. The van der Waals surface area contributed by atoms with Gasteiger partial charge in [0.05, 0.1) is 23.8 Å². The third kappa shape index (κ3) is 3.04. The highest BCUT2D eigenvalue weighted by atomic mass is 79.9. The maximum Gasteiger partial charge on any atom is 0.0992 e. The molecule has 0 amide bonds. The number of nitrogens with one attached hydrogen (secondary N) is 1. The van der Waals surface area contributed by atoms with E-state index >= 15 is 0 Å². The molecule has 1 N–H and O–H groups in total. The lowest BCUT2D eigenvalue weighted by molar-refractivity contribution is 0.0606. The molecule has 96 valence electrons. The van der Waals surface area contributed by atoms with Gasteiger partial charge >= 0.3 is 0 Å². The van der Waals surface area contributed by atoms with E-state index < -0.39 is 0 Å². The summed E-state index contributed by atoms with van der Waals surface area (Å²) in [6.07, 6.45) is 5.00. The average molecular weight is 309 g/mol. The van der Waals surface area contributed by atoms with Crippen LogP contribution in [0.25, 0.3) is 0 Å². The van der Waals surface area contributed by atoms with Crippen molar-refractivity contribution >= 4 is 21.6 Å². The highest BCUT2D eigenvalue weighted by Crippen LogP contribution is 2.28. The molecule has 0 spiro atoms. The maximum atomic E-state index is 8.84. The predicted molar refractivity (Wildman–Crippen MR) is 75.5 cm³/mol. The number of hydrogen-bond acceptors (Lipinski definition) is 3. The molecule has 2 atom stereocenters. The predicted octanol–water partition coefficient (Wildman–Crippen LogP) is 3.69. The summed E-state index contributed by atoms with van der Waals surface area (Å²) in [5.41, 5.74) is 1.70. The molecule has 0 heterocycles. The highest BCUT2D eigenvalue weighted by molar-refractivity contribution is 9.10. The molecule has 18 heavy (non-hydrogen) atoms. The van der Waals surface area contributed by atoms with Crippen molar-refractivity contribution in [3.63, 3.8) is 0 Å². The van der Waals surface area contributed by atoms with Crippen LogP contribution < -0.4 is 5.32 Å². The van der Waals surface area contributed by atoms with Gasteiger partial charge in [-0.2, -0.15) is 5.26 Å². The zero-order chi connectivity index (χ0) is 13.0. The monoisotopic (exact) mass is 308 g/mol. The van der Waals surface area contributed by atoms with Crippen molar-refractivity contribution in [1.29, 1.82) is 5.26 Å². The van der Waals surface area contributed by atoms with Gasteiger partial charge in [-0.1, -0.05) is 12.8 Å². The van der Waals surface area contributed by atoms with Gasteiger partial charge in [-0.3, -0.25) is 0 Å². The lowest BCUT2D eigenvalue weighted by atomic mass is 9.92. The van der Waals surface area contributed by atoms with Gasteiger partial charge in [0, 0.05) is 17.3 Å². The Morgan fingerprint density at radius 3 is 2.83 bits per heavy atom. The lowest BCUT2D eigenvalue weighted by Gasteiger charge is -2.32. The Morgan fingerprint density at radius 2 is 2.17 bits per heavy atom. The molecule has 0 saturated heterocycles. The highest BCUT2D eigenvalue weighted by Gasteiger charge is 2.25. The molecule has 0 bridgehead atoms. The fourth-order valence-electron chi connectivity index (χ4n) is 2.45. The molecular weight excluding hydrogens is 292 g/mol. The number of nitriles is 1. The van der Waals surface area contributed by atoms with Crippen molar-refractivity contribution in [2.45, 2.75) is 37.8 Å². The van der Waals surface area contributed by atoms with Crippen LogP contribution in [0.3, 0.4) is 0 Å². The molecule has 4 heteroatoms. The SMILES string of the molecule is COC1CCCCC1Nc1ccc(C#N)cc1Br. The van der Waals surface area contributed by atoms with E-state index in [-0.39, 0.29) is 6.10 Å². The number of ether oxygens (including phenoxy) is 1. The first-order valence-corrected chi connectivity index (χ1v) is 7.03. The molecule has 1 saturated carbocycles. The Kier molecular flexibility index (Phi) is 4.62. The van der Waals surface area contributed by atoms with E-state index in [4.69, 9.17) is 10.00 Å². The first-order valence-electron chi connectivity index (χ1n) is 6.23. The second-order valence-electron chi connectivity index (χ2n) is 4.62.